The molecule has 1 atom stereocenters. The van der Waals surface area contributed by atoms with E-state index in [9.17, 15) is 4.79 Å². The van der Waals surface area contributed by atoms with Gasteiger partial charge in [0.15, 0.2) is 0 Å². The second-order valence-electron chi connectivity index (χ2n) is 5.49. The van der Waals surface area contributed by atoms with Crippen LogP contribution in [0.2, 0.25) is 0 Å². The number of benzene rings is 1. The minimum atomic E-state index is 0.119. The van der Waals surface area contributed by atoms with Crippen LogP contribution in [0.15, 0.2) is 34.7 Å². The van der Waals surface area contributed by atoms with Crippen LogP contribution in [-0.4, -0.2) is 11.9 Å². The standard InChI is InChI=1S/C16H19NO2/c1-11(17-16(18)12-6-4-7-12)9-14-10-13-5-2-3-8-15(13)19-14/h2-3,5,8,10-12H,4,6-7,9H2,1H3,(H,17,18)/t11-/m0/s1. The monoisotopic (exact) mass is 257 g/mol. The van der Waals surface area contributed by atoms with Gasteiger partial charge in [-0.1, -0.05) is 24.6 Å². The molecule has 3 nitrogen and oxygen atoms in total. The Labute approximate surface area is 113 Å². The number of rotatable bonds is 4. The topological polar surface area (TPSA) is 42.2 Å². The molecule has 3 rings (SSSR count). The molecule has 19 heavy (non-hydrogen) atoms. The highest BCUT2D eigenvalue weighted by atomic mass is 16.3. The Hall–Kier alpha value is -1.77. The number of carbonyl (C=O) groups is 1. The molecule has 0 radical (unpaired) electrons. The summed E-state index contributed by atoms with van der Waals surface area (Å²) in [5, 5.41) is 4.20. The van der Waals surface area contributed by atoms with Crippen LogP contribution < -0.4 is 5.32 Å². The Morgan fingerprint density at radius 2 is 2.21 bits per heavy atom. The van der Waals surface area contributed by atoms with Gasteiger partial charge in [0.1, 0.15) is 11.3 Å². The molecule has 0 spiro atoms. The summed E-state index contributed by atoms with van der Waals surface area (Å²) < 4.78 is 5.77. The molecule has 1 amide bonds. The van der Waals surface area contributed by atoms with Gasteiger partial charge in [-0.25, -0.2) is 0 Å². The summed E-state index contributed by atoms with van der Waals surface area (Å²) in [4.78, 5) is 11.9. The zero-order valence-electron chi connectivity index (χ0n) is 11.2. The van der Waals surface area contributed by atoms with Crippen LogP contribution in [0.4, 0.5) is 0 Å². The van der Waals surface area contributed by atoms with Crippen molar-refractivity contribution < 1.29 is 9.21 Å². The fourth-order valence-corrected chi connectivity index (χ4v) is 2.52. The molecule has 1 saturated carbocycles. The fraction of sp³-hybridized carbons (Fsp3) is 0.438. The third-order valence-corrected chi connectivity index (χ3v) is 3.85. The Kier molecular flexibility index (Phi) is 3.28. The van der Waals surface area contributed by atoms with Gasteiger partial charge in [-0.2, -0.15) is 0 Å². The van der Waals surface area contributed by atoms with E-state index in [1.807, 2.05) is 31.2 Å². The molecule has 3 heteroatoms. The molecule has 0 saturated heterocycles. The van der Waals surface area contributed by atoms with Crippen molar-refractivity contribution in [2.24, 2.45) is 5.92 Å². The molecular weight excluding hydrogens is 238 g/mol. The summed E-state index contributed by atoms with van der Waals surface area (Å²) in [6.07, 6.45) is 4.02. The molecule has 2 aromatic rings. The predicted octanol–water partition coefficient (Wildman–Crippen LogP) is 3.28. The van der Waals surface area contributed by atoms with Crippen molar-refractivity contribution in [3.63, 3.8) is 0 Å². The summed E-state index contributed by atoms with van der Waals surface area (Å²) in [5.74, 6) is 1.38. The van der Waals surface area contributed by atoms with E-state index in [-0.39, 0.29) is 17.9 Å². The minimum Gasteiger partial charge on any atom is -0.461 e. The van der Waals surface area contributed by atoms with E-state index in [4.69, 9.17) is 4.42 Å². The minimum absolute atomic E-state index is 0.119. The highest BCUT2D eigenvalue weighted by Crippen LogP contribution is 2.26. The second kappa shape index (κ2) is 5.08. The van der Waals surface area contributed by atoms with Crippen molar-refractivity contribution in [2.45, 2.75) is 38.6 Å². The maximum Gasteiger partial charge on any atom is 0.223 e. The number of hydrogen-bond acceptors (Lipinski definition) is 2. The number of furan rings is 1. The predicted molar refractivity (Wildman–Crippen MR) is 74.9 cm³/mol. The molecule has 0 bridgehead atoms. The van der Waals surface area contributed by atoms with Gasteiger partial charge in [0.05, 0.1) is 0 Å². The molecule has 1 aliphatic rings. The van der Waals surface area contributed by atoms with Crippen LogP contribution in [-0.2, 0) is 11.2 Å². The fourth-order valence-electron chi connectivity index (χ4n) is 2.52. The molecule has 1 aliphatic carbocycles. The second-order valence-corrected chi connectivity index (χ2v) is 5.49. The number of para-hydroxylation sites is 1. The van der Waals surface area contributed by atoms with Crippen LogP contribution in [0.1, 0.15) is 31.9 Å². The van der Waals surface area contributed by atoms with Crippen LogP contribution in [0.5, 0.6) is 0 Å². The summed E-state index contributed by atoms with van der Waals surface area (Å²) in [5.41, 5.74) is 0.912. The van der Waals surface area contributed by atoms with Crippen LogP contribution >= 0.6 is 0 Å². The van der Waals surface area contributed by atoms with Crippen molar-refractivity contribution >= 4 is 16.9 Å². The zero-order chi connectivity index (χ0) is 13.2. The molecule has 1 aromatic heterocycles. The van der Waals surface area contributed by atoms with E-state index in [2.05, 4.69) is 11.4 Å². The lowest BCUT2D eigenvalue weighted by atomic mass is 9.84. The van der Waals surface area contributed by atoms with Gasteiger partial charge >= 0.3 is 0 Å². The van der Waals surface area contributed by atoms with Crippen LogP contribution in [0.25, 0.3) is 11.0 Å². The van der Waals surface area contributed by atoms with E-state index >= 15 is 0 Å². The van der Waals surface area contributed by atoms with E-state index in [1.54, 1.807) is 0 Å². The van der Waals surface area contributed by atoms with Gasteiger partial charge in [-0.05, 0) is 31.9 Å². The molecule has 1 N–H and O–H groups in total. The van der Waals surface area contributed by atoms with Gasteiger partial charge in [-0.3, -0.25) is 4.79 Å². The molecular formula is C16H19NO2. The van der Waals surface area contributed by atoms with Gasteiger partial charge in [0.25, 0.3) is 0 Å². The number of hydrogen-bond donors (Lipinski definition) is 1. The first-order valence-electron chi connectivity index (χ1n) is 7.00. The normalized spacial score (nSPS) is 17.1. The lowest BCUT2D eigenvalue weighted by molar-refractivity contribution is -0.128. The van der Waals surface area contributed by atoms with Crippen LogP contribution in [0.3, 0.4) is 0 Å². The summed E-state index contributed by atoms with van der Waals surface area (Å²) in [7, 11) is 0. The van der Waals surface area contributed by atoms with Crippen molar-refractivity contribution in [3.05, 3.63) is 36.1 Å². The Balaban J connectivity index is 1.61. The highest BCUT2D eigenvalue weighted by molar-refractivity contribution is 5.80. The van der Waals surface area contributed by atoms with Crippen molar-refractivity contribution in [3.8, 4) is 0 Å². The summed E-state index contributed by atoms with van der Waals surface area (Å²) >= 11 is 0. The van der Waals surface area contributed by atoms with Gasteiger partial charge in [-0.15, -0.1) is 0 Å². The van der Waals surface area contributed by atoms with Crippen LogP contribution in [0, 0.1) is 5.92 Å². The molecule has 1 aromatic carbocycles. The lowest BCUT2D eigenvalue weighted by Crippen LogP contribution is -2.40. The average Bonchev–Trinajstić information content (AvgIpc) is 2.67. The molecule has 0 aliphatic heterocycles. The maximum absolute atomic E-state index is 11.9. The van der Waals surface area contributed by atoms with E-state index in [1.165, 1.54) is 6.42 Å². The third kappa shape index (κ3) is 2.65. The Bertz CT molecular complexity index is 550. The van der Waals surface area contributed by atoms with E-state index in [0.29, 0.717) is 0 Å². The zero-order valence-corrected chi connectivity index (χ0v) is 11.2. The smallest absolute Gasteiger partial charge is 0.223 e. The lowest BCUT2D eigenvalue weighted by Gasteiger charge is -2.25. The van der Waals surface area contributed by atoms with E-state index in [0.717, 1.165) is 36.0 Å². The van der Waals surface area contributed by atoms with Crippen molar-refractivity contribution in [1.29, 1.82) is 0 Å². The Morgan fingerprint density at radius 3 is 2.89 bits per heavy atom. The summed E-state index contributed by atoms with van der Waals surface area (Å²) in [6, 6.07) is 10.2. The first-order chi connectivity index (χ1) is 9.22. The highest BCUT2D eigenvalue weighted by Gasteiger charge is 2.26. The maximum atomic E-state index is 11.9. The van der Waals surface area contributed by atoms with Gasteiger partial charge in [0, 0.05) is 23.8 Å². The molecule has 100 valence electrons. The molecule has 1 heterocycles. The quantitative estimate of drug-likeness (QED) is 0.913. The number of fused-ring (bicyclic) bond motifs is 1. The first-order valence-corrected chi connectivity index (χ1v) is 7.00. The molecule has 0 unspecified atom stereocenters. The number of carbonyl (C=O) groups excluding carboxylic acids is 1. The average molecular weight is 257 g/mol. The number of amides is 1. The largest absolute Gasteiger partial charge is 0.461 e. The third-order valence-electron chi connectivity index (χ3n) is 3.85. The van der Waals surface area contributed by atoms with Crippen molar-refractivity contribution in [2.75, 3.05) is 0 Å². The van der Waals surface area contributed by atoms with Gasteiger partial charge in [0.2, 0.25) is 5.91 Å². The van der Waals surface area contributed by atoms with E-state index < -0.39 is 0 Å². The summed E-state index contributed by atoms with van der Waals surface area (Å²) in [6.45, 7) is 2.03. The first kappa shape index (κ1) is 12.3. The molecule has 1 fully saturated rings. The van der Waals surface area contributed by atoms with Gasteiger partial charge < -0.3 is 9.73 Å². The SMILES string of the molecule is C[C@@H](Cc1cc2ccccc2o1)NC(=O)C1CCC1. The van der Waals surface area contributed by atoms with Crippen molar-refractivity contribution in [1.82, 2.24) is 5.32 Å². The Morgan fingerprint density at radius 1 is 1.42 bits per heavy atom. The number of nitrogens with one attached hydrogen (secondary N) is 1.